The maximum absolute atomic E-state index is 13.2. The molecule has 148 valence electrons. The summed E-state index contributed by atoms with van der Waals surface area (Å²) in [5, 5.41) is 9.03. The van der Waals surface area contributed by atoms with Gasteiger partial charge in [0.25, 0.3) is 0 Å². The van der Waals surface area contributed by atoms with E-state index in [0.29, 0.717) is 5.16 Å². The van der Waals surface area contributed by atoms with Crippen LogP contribution in [0.15, 0.2) is 53.7 Å². The Labute approximate surface area is 165 Å². The van der Waals surface area contributed by atoms with Crippen molar-refractivity contribution in [3.63, 3.8) is 0 Å². The Morgan fingerprint density at radius 3 is 2.32 bits per heavy atom. The van der Waals surface area contributed by atoms with Crippen molar-refractivity contribution in [1.82, 2.24) is 14.8 Å². The zero-order valence-corrected chi connectivity index (χ0v) is 16.5. The van der Waals surface area contributed by atoms with E-state index in [2.05, 4.69) is 10.2 Å². The molecule has 1 aromatic heterocycles. The molecular formula is C20H20F3N3OS. The fourth-order valence-corrected chi connectivity index (χ4v) is 3.75. The van der Waals surface area contributed by atoms with Crippen molar-refractivity contribution in [2.24, 2.45) is 0 Å². The molecule has 8 heteroatoms. The van der Waals surface area contributed by atoms with E-state index in [-0.39, 0.29) is 17.2 Å². The van der Waals surface area contributed by atoms with Crippen LogP contribution in [0.25, 0.3) is 5.69 Å². The predicted octanol–water partition coefficient (Wildman–Crippen LogP) is 5.71. The minimum absolute atomic E-state index is 0.103. The Balaban J connectivity index is 1.93. The first-order valence-electron chi connectivity index (χ1n) is 8.69. The van der Waals surface area contributed by atoms with Gasteiger partial charge in [0.1, 0.15) is 11.6 Å². The Bertz CT molecular complexity index is 937. The number of ether oxygens (including phenoxy) is 1. The van der Waals surface area contributed by atoms with Crippen LogP contribution in [0.3, 0.4) is 0 Å². The lowest BCUT2D eigenvalue weighted by molar-refractivity contribution is -0.138. The van der Waals surface area contributed by atoms with Gasteiger partial charge in [-0.1, -0.05) is 43.8 Å². The topological polar surface area (TPSA) is 39.9 Å². The van der Waals surface area contributed by atoms with Crippen molar-refractivity contribution in [1.29, 1.82) is 0 Å². The molecule has 0 spiro atoms. The summed E-state index contributed by atoms with van der Waals surface area (Å²) >= 11 is 1.23. The molecule has 0 N–H and O–H groups in total. The van der Waals surface area contributed by atoms with Crippen molar-refractivity contribution in [2.75, 3.05) is 7.11 Å². The van der Waals surface area contributed by atoms with Gasteiger partial charge in [-0.25, -0.2) is 0 Å². The normalized spacial score (nSPS) is 11.8. The average molecular weight is 407 g/mol. The molecule has 2 aromatic carbocycles. The van der Waals surface area contributed by atoms with Gasteiger partial charge in [0, 0.05) is 17.4 Å². The van der Waals surface area contributed by atoms with Crippen molar-refractivity contribution in [3.8, 4) is 11.4 Å². The van der Waals surface area contributed by atoms with Crippen LogP contribution < -0.4 is 4.74 Å². The first-order chi connectivity index (χ1) is 13.3. The molecule has 28 heavy (non-hydrogen) atoms. The quantitative estimate of drug-likeness (QED) is 0.491. The highest BCUT2D eigenvalue weighted by atomic mass is 32.2. The molecular weight excluding hydrogens is 387 g/mol. The average Bonchev–Trinajstić information content (AvgIpc) is 3.10. The number of methoxy groups -OCH3 is 1. The summed E-state index contributed by atoms with van der Waals surface area (Å²) in [6.45, 7) is 3.99. The largest absolute Gasteiger partial charge is 0.497 e. The molecule has 0 aliphatic rings. The number of benzene rings is 2. The van der Waals surface area contributed by atoms with Gasteiger partial charge in [0.05, 0.1) is 12.7 Å². The van der Waals surface area contributed by atoms with E-state index >= 15 is 0 Å². The summed E-state index contributed by atoms with van der Waals surface area (Å²) in [6, 6.07) is 13.0. The van der Waals surface area contributed by atoms with Crippen LogP contribution in [0, 0.1) is 0 Å². The third kappa shape index (κ3) is 4.32. The molecule has 0 radical (unpaired) electrons. The molecule has 0 aliphatic heterocycles. The number of halogens is 3. The monoisotopic (exact) mass is 407 g/mol. The van der Waals surface area contributed by atoms with Gasteiger partial charge in [-0.15, -0.1) is 10.2 Å². The van der Waals surface area contributed by atoms with E-state index in [1.165, 1.54) is 23.9 Å². The van der Waals surface area contributed by atoms with E-state index in [4.69, 9.17) is 4.74 Å². The standard InChI is InChI=1S/C20H20F3N3OS/c1-13(2)18-24-25-19(26(18)15-8-10-16(27-3)11-9-15)28-12-14-6-4-5-7-17(14)20(21,22)23/h4-11,13H,12H2,1-3H3. The van der Waals surface area contributed by atoms with E-state index in [1.807, 2.05) is 42.7 Å². The Morgan fingerprint density at radius 1 is 1.04 bits per heavy atom. The van der Waals surface area contributed by atoms with Crippen LogP contribution in [0.4, 0.5) is 13.2 Å². The summed E-state index contributed by atoms with van der Waals surface area (Å²) in [4.78, 5) is 0. The Kier molecular flexibility index (Phi) is 5.98. The van der Waals surface area contributed by atoms with Gasteiger partial charge in [0.15, 0.2) is 5.16 Å². The lowest BCUT2D eigenvalue weighted by Crippen LogP contribution is -2.08. The predicted molar refractivity (Wildman–Crippen MR) is 103 cm³/mol. The summed E-state index contributed by atoms with van der Waals surface area (Å²) in [5.41, 5.74) is 0.429. The molecule has 4 nitrogen and oxygen atoms in total. The number of alkyl halides is 3. The SMILES string of the molecule is COc1ccc(-n2c(SCc3ccccc3C(F)(F)F)nnc2C(C)C)cc1. The second-order valence-corrected chi connectivity index (χ2v) is 7.41. The van der Waals surface area contributed by atoms with Gasteiger partial charge in [0.2, 0.25) is 0 Å². The van der Waals surface area contributed by atoms with Crippen molar-refractivity contribution < 1.29 is 17.9 Å². The molecule has 0 bridgehead atoms. The van der Waals surface area contributed by atoms with Gasteiger partial charge < -0.3 is 4.74 Å². The van der Waals surface area contributed by atoms with Gasteiger partial charge >= 0.3 is 6.18 Å². The minimum Gasteiger partial charge on any atom is -0.497 e. The van der Waals surface area contributed by atoms with Gasteiger partial charge in [-0.05, 0) is 35.9 Å². The number of nitrogens with zero attached hydrogens (tertiary/aromatic N) is 3. The van der Waals surface area contributed by atoms with E-state index in [0.717, 1.165) is 23.3 Å². The Morgan fingerprint density at radius 2 is 1.71 bits per heavy atom. The first-order valence-corrected chi connectivity index (χ1v) is 9.67. The molecule has 3 aromatic rings. The second-order valence-electron chi connectivity index (χ2n) is 6.47. The number of rotatable bonds is 6. The zero-order chi connectivity index (χ0) is 20.3. The molecule has 0 aliphatic carbocycles. The fourth-order valence-electron chi connectivity index (χ4n) is 2.79. The molecule has 1 heterocycles. The van der Waals surface area contributed by atoms with Crippen molar-refractivity contribution >= 4 is 11.8 Å². The van der Waals surface area contributed by atoms with Crippen molar-refractivity contribution in [3.05, 3.63) is 65.5 Å². The highest BCUT2D eigenvalue weighted by Gasteiger charge is 2.33. The summed E-state index contributed by atoms with van der Waals surface area (Å²) in [6.07, 6.45) is -4.39. The third-order valence-corrected chi connectivity index (χ3v) is 5.16. The number of hydrogen-bond donors (Lipinski definition) is 0. The maximum atomic E-state index is 13.2. The van der Waals surface area contributed by atoms with Crippen molar-refractivity contribution in [2.45, 2.75) is 36.9 Å². The number of hydrogen-bond acceptors (Lipinski definition) is 4. The van der Waals surface area contributed by atoms with Gasteiger partial charge in [-0.3, -0.25) is 4.57 Å². The van der Waals surface area contributed by atoms with Gasteiger partial charge in [-0.2, -0.15) is 13.2 Å². The lowest BCUT2D eigenvalue weighted by Gasteiger charge is -2.14. The summed E-state index contributed by atoms with van der Waals surface area (Å²) < 4.78 is 46.8. The van der Waals surface area contributed by atoms with Crippen LogP contribution in [-0.2, 0) is 11.9 Å². The highest BCUT2D eigenvalue weighted by Crippen LogP contribution is 2.35. The third-order valence-electron chi connectivity index (χ3n) is 4.18. The van der Waals surface area contributed by atoms with Crippen LogP contribution >= 0.6 is 11.8 Å². The molecule has 0 amide bonds. The fraction of sp³-hybridized carbons (Fsp3) is 0.300. The molecule has 0 saturated carbocycles. The molecule has 0 fully saturated rings. The Hall–Kier alpha value is -2.48. The van der Waals surface area contributed by atoms with Crippen LogP contribution in [0.1, 0.15) is 36.7 Å². The van der Waals surface area contributed by atoms with E-state index in [1.54, 1.807) is 13.2 Å². The summed E-state index contributed by atoms with van der Waals surface area (Å²) in [7, 11) is 1.59. The zero-order valence-electron chi connectivity index (χ0n) is 15.7. The molecule has 0 atom stereocenters. The minimum atomic E-state index is -4.39. The molecule has 0 saturated heterocycles. The first kappa shape index (κ1) is 20.3. The highest BCUT2D eigenvalue weighted by molar-refractivity contribution is 7.98. The maximum Gasteiger partial charge on any atom is 0.416 e. The van der Waals surface area contributed by atoms with E-state index < -0.39 is 11.7 Å². The van der Waals surface area contributed by atoms with Crippen LogP contribution in [-0.4, -0.2) is 21.9 Å². The van der Waals surface area contributed by atoms with Crippen LogP contribution in [0.2, 0.25) is 0 Å². The summed E-state index contributed by atoms with van der Waals surface area (Å²) in [5.74, 6) is 1.71. The smallest absolute Gasteiger partial charge is 0.416 e. The molecule has 0 unspecified atom stereocenters. The second kappa shape index (κ2) is 8.26. The van der Waals surface area contributed by atoms with Crippen LogP contribution in [0.5, 0.6) is 5.75 Å². The molecule has 3 rings (SSSR count). The number of aromatic nitrogens is 3. The number of thioether (sulfide) groups is 1. The van der Waals surface area contributed by atoms with E-state index in [9.17, 15) is 13.2 Å². The lowest BCUT2D eigenvalue weighted by atomic mass is 10.1.